The summed E-state index contributed by atoms with van der Waals surface area (Å²) in [6.45, 7) is 0. The minimum absolute atomic E-state index is 0.0518. The Kier molecular flexibility index (Phi) is 6.23. The van der Waals surface area contributed by atoms with E-state index < -0.39 is 0 Å². The van der Waals surface area contributed by atoms with Gasteiger partial charge in [-0.05, 0) is 54.6 Å². The molecule has 0 saturated heterocycles. The van der Waals surface area contributed by atoms with Crippen LogP contribution in [0.4, 0.5) is 22.7 Å². The van der Waals surface area contributed by atoms with E-state index in [2.05, 4.69) is 16.0 Å². The molecule has 3 rings (SSSR count). The van der Waals surface area contributed by atoms with Crippen molar-refractivity contribution in [1.82, 2.24) is 0 Å². The summed E-state index contributed by atoms with van der Waals surface area (Å²) in [7, 11) is 0. The van der Waals surface area contributed by atoms with Gasteiger partial charge in [0, 0.05) is 34.5 Å². The van der Waals surface area contributed by atoms with Crippen molar-refractivity contribution in [3.8, 4) is 12.1 Å². The van der Waals surface area contributed by atoms with Crippen molar-refractivity contribution >= 4 is 28.7 Å². The van der Waals surface area contributed by atoms with Gasteiger partial charge < -0.3 is 16.0 Å². The van der Waals surface area contributed by atoms with Crippen molar-refractivity contribution in [2.45, 2.75) is 0 Å². The fraction of sp³-hybridized carbons (Fsp3) is 0. The molecule has 0 aliphatic rings. The highest BCUT2D eigenvalue weighted by Gasteiger charge is 2.07. The van der Waals surface area contributed by atoms with Crippen molar-refractivity contribution < 1.29 is 4.79 Å². The van der Waals surface area contributed by atoms with Crippen molar-refractivity contribution in [1.29, 1.82) is 10.5 Å². The summed E-state index contributed by atoms with van der Waals surface area (Å²) in [5, 5.41) is 26.5. The number of nitrogens with one attached hydrogen (secondary N) is 3. The average molecular weight is 379 g/mol. The summed E-state index contributed by atoms with van der Waals surface area (Å²) < 4.78 is 0. The third-order valence-electron chi connectivity index (χ3n) is 3.95. The van der Waals surface area contributed by atoms with Crippen molar-refractivity contribution in [3.05, 3.63) is 96.2 Å². The molecule has 0 bridgehead atoms. The van der Waals surface area contributed by atoms with Crippen LogP contribution in [0.3, 0.4) is 0 Å². The van der Waals surface area contributed by atoms with E-state index in [0.29, 0.717) is 16.9 Å². The van der Waals surface area contributed by atoms with Gasteiger partial charge in [0.25, 0.3) is 5.91 Å². The highest BCUT2D eigenvalue weighted by molar-refractivity contribution is 6.04. The molecule has 0 heterocycles. The zero-order valence-electron chi connectivity index (χ0n) is 15.4. The lowest BCUT2D eigenvalue weighted by Gasteiger charge is -2.09. The minimum atomic E-state index is -0.262. The van der Waals surface area contributed by atoms with E-state index in [0.717, 1.165) is 11.4 Å². The standard InChI is InChI=1S/C23H17N5O/c24-14-17(15-25)16-26-22-8-4-5-18(13-22)23(29)28-21-11-9-20(10-12-21)27-19-6-2-1-3-7-19/h1-13,16,26-27H,(H,28,29). The Balaban J connectivity index is 1.64. The van der Waals surface area contributed by atoms with E-state index in [1.165, 1.54) is 6.20 Å². The first-order valence-corrected chi connectivity index (χ1v) is 8.78. The third-order valence-corrected chi connectivity index (χ3v) is 3.95. The molecule has 0 atom stereocenters. The van der Waals surface area contributed by atoms with E-state index in [4.69, 9.17) is 10.5 Å². The summed E-state index contributed by atoms with van der Waals surface area (Å²) in [6, 6.07) is 27.5. The number of allylic oxidation sites excluding steroid dienone is 1. The van der Waals surface area contributed by atoms with Gasteiger partial charge in [0.1, 0.15) is 17.7 Å². The Morgan fingerprint density at radius 3 is 2.07 bits per heavy atom. The number of hydrogen-bond acceptors (Lipinski definition) is 5. The van der Waals surface area contributed by atoms with Gasteiger partial charge in [0.05, 0.1) is 0 Å². The number of carbonyl (C=O) groups excluding carboxylic acids is 1. The summed E-state index contributed by atoms with van der Waals surface area (Å²) >= 11 is 0. The monoisotopic (exact) mass is 379 g/mol. The van der Waals surface area contributed by atoms with Crippen molar-refractivity contribution in [2.75, 3.05) is 16.0 Å². The van der Waals surface area contributed by atoms with Gasteiger partial charge in [-0.3, -0.25) is 4.79 Å². The molecule has 0 aliphatic carbocycles. The molecule has 0 radical (unpaired) electrons. The van der Waals surface area contributed by atoms with Gasteiger partial charge in [0.2, 0.25) is 0 Å². The highest BCUT2D eigenvalue weighted by Crippen LogP contribution is 2.19. The van der Waals surface area contributed by atoms with E-state index >= 15 is 0 Å². The molecule has 0 saturated carbocycles. The van der Waals surface area contributed by atoms with Gasteiger partial charge in [-0.2, -0.15) is 10.5 Å². The molecule has 3 aromatic rings. The van der Waals surface area contributed by atoms with Crippen LogP contribution in [-0.4, -0.2) is 5.91 Å². The first-order chi connectivity index (χ1) is 14.2. The summed E-state index contributed by atoms with van der Waals surface area (Å²) in [6.07, 6.45) is 1.30. The molecule has 0 aliphatic heterocycles. The van der Waals surface area contributed by atoms with E-state index in [1.54, 1.807) is 36.4 Å². The number of nitrogens with zero attached hydrogens (tertiary/aromatic N) is 2. The Morgan fingerprint density at radius 1 is 0.759 bits per heavy atom. The van der Waals surface area contributed by atoms with Gasteiger partial charge in [-0.1, -0.05) is 24.3 Å². The maximum absolute atomic E-state index is 12.5. The Bertz CT molecular complexity index is 1090. The molecule has 140 valence electrons. The van der Waals surface area contributed by atoms with Crippen LogP contribution >= 0.6 is 0 Å². The summed E-state index contributed by atoms with van der Waals surface area (Å²) in [4.78, 5) is 12.5. The van der Waals surface area contributed by atoms with Gasteiger partial charge in [-0.25, -0.2) is 0 Å². The van der Waals surface area contributed by atoms with Crippen LogP contribution in [0.1, 0.15) is 10.4 Å². The first kappa shape index (κ1) is 19.2. The van der Waals surface area contributed by atoms with Crippen LogP contribution in [0, 0.1) is 22.7 Å². The number of amides is 1. The van der Waals surface area contributed by atoms with E-state index in [1.807, 2.05) is 54.6 Å². The van der Waals surface area contributed by atoms with Crippen LogP contribution < -0.4 is 16.0 Å². The zero-order valence-corrected chi connectivity index (χ0v) is 15.4. The van der Waals surface area contributed by atoms with Crippen LogP contribution in [-0.2, 0) is 0 Å². The van der Waals surface area contributed by atoms with Crippen LogP contribution in [0.2, 0.25) is 0 Å². The largest absolute Gasteiger partial charge is 0.360 e. The lowest BCUT2D eigenvalue weighted by atomic mass is 10.1. The van der Waals surface area contributed by atoms with Gasteiger partial charge >= 0.3 is 0 Å². The number of benzene rings is 3. The molecule has 0 unspecified atom stereocenters. The van der Waals surface area contributed by atoms with Crippen LogP contribution in [0.5, 0.6) is 0 Å². The summed E-state index contributed by atoms with van der Waals surface area (Å²) in [5.74, 6) is -0.262. The molecule has 6 heteroatoms. The SMILES string of the molecule is N#CC(C#N)=CNc1cccc(C(=O)Nc2ccc(Nc3ccccc3)cc2)c1. The minimum Gasteiger partial charge on any atom is -0.360 e. The molecule has 6 nitrogen and oxygen atoms in total. The van der Waals surface area contributed by atoms with Crippen molar-refractivity contribution in [2.24, 2.45) is 0 Å². The second-order valence-electron chi connectivity index (χ2n) is 6.03. The normalized spacial score (nSPS) is 9.45. The van der Waals surface area contributed by atoms with Gasteiger partial charge in [0.15, 0.2) is 0 Å². The molecule has 1 amide bonds. The Morgan fingerprint density at radius 2 is 1.38 bits per heavy atom. The molecule has 3 aromatic carbocycles. The molecule has 0 aromatic heterocycles. The topological polar surface area (TPSA) is 101 Å². The molecule has 29 heavy (non-hydrogen) atoms. The number of hydrogen-bond donors (Lipinski definition) is 3. The maximum atomic E-state index is 12.5. The number of anilines is 4. The molecular formula is C23H17N5O. The number of carbonyl (C=O) groups is 1. The summed E-state index contributed by atoms with van der Waals surface area (Å²) in [5.41, 5.74) is 3.57. The number of nitriles is 2. The Hall–Kier alpha value is -4.55. The lowest BCUT2D eigenvalue weighted by Crippen LogP contribution is -2.12. The molecule has 0 fully saturated rings. The van der Waals surface area contributed by atoms with Crippen LogP contribution in [0.15, 0.2) is 90.6 Å². The first-order valence-electron chi connectivity index (χ1n) is 8.78. The van der Waals surface area contributed by atoms with E-state index in [9.17, 15) is 4.79 Å². The predicted molar refractivity (Wildman–Crippen MR) is 113 cm³/mol. The fourth-order valence-corrected chi connectivity index (χ4v) is 2.52. The van der Waals surface area contributed by atoms with E-state index in [-0.39, 0.29) is 11.5 Å². The smallest absolute Gasteiger partial charge is 0.255 e. The lowest BCUT2D eigenvalue weighted by molar-refractivity contribution is 0.102. The quantitative estimate of drug-likeness (QED) is 0.522. The number of rotatable bonds is 6. The number of para-hydroxylation sites is 1. The molecule has 3 N–H and O–H groups in total. The average Bonchev–Trinajstić information content (AvgIpc) is 2.77. The molecule has 0 spiro atoms. The maximum Gasteiger partial charge on any atom is 0.255 e. The Labute approximate surface area is 168 Å². The molecular weight excluding hydrogens is 362 g/mol. The van der Waals surface area contributed by atoms with Crippen LogP contribution in [0.25, 0.3) is 0 Å². The second-order valence-corrected chi connectivity index (χ2v) is 6.03. The predicted octanol–water partition coefficient (Wildman–Crippen LogP) is 5.03. The van der Waals surface area contributed by atoms with Crippen molar-refractivity contribution in [3.63, 3.8) is 0 Å². The van der Waals surface area contributed by atoms with Gasteiger partial charge in [-0.15, -0.1) is 0 Å². The third kappa shape index (κ3) is 5.46. The zero-order chi connectivity index (χ0) is 20.5. The highest BCUT2D eigenvalue weighted by atomic mass is 16.1. The fourth-order valence-electron chi connectivity index (χ4n) is 2.52. The second kappa shape index (κ2) is 9.40.